The molecule has 0 spiro atoms. The van der Waals surface area contributed by atoms with Crippen molar-refractivity contribution < 1.29 is 14.3 Å². The van der Waals surface area contributed by atoms with E-state index >= 15 is 0 Å². The maximum absolute atomic E-state index is 11.8. The van der Waals surface area contributed by atoms with Crippen LogP contribution in [0.15, 0.2) is 18.2 Å². The molecule has 1 aliphatic rings. The summed E-state index contributed by atoms with van der Waals surface area (Å²) in [7, 11) is 0. The summed E-state index contributed by atoms with van der Waals surface area (Å²) in [4.78, 5) is 11.8. The summed E-state index contributed by atoms with van der Waals surface area (Å²) in [6, 6.07) is 5.93. The Morgan fingerprint density at radius 2 is 2.05 bits per heavy atom. The minimum Gasteiger partial charge on any atom is -0.487 e. The molecule has 1 aromatic carbocycles. The van der Waals surface area contributed by atoms with Crippen molar-refractivity contribution in [3.63, 3.8) is 0 Å². The molecule has 104 valence electrons. The Morgan fingerprint density at radius 1 is 1.37 bits per heavy atom. The van der Waals surface area contributed by atoms with Crippen LogP contribution in [0.1, 0.15) is 45.7 Å². The maximum Gasteiger partial charge on any atom is 0.310 e. The molecule has 0 aliphatic carbocycles. The van der Waals surface area contributed by atoms with E-state index in [2.05, 4.69) is 13.8 Å². The molecule has 0 bridgehead atoms. The number of fused-ring (bicyclic) bond motifs is 1. The minimum absolute atomic E-state index is 0.146. The third-order valence-corrected chi connectivity index (χ3v) is 2.90. The quantitative estimate of drug-likeness (QED) is 0.767. The molecule has 0 unspecified atom stereocenters. The zero-order valence-corrected chi connectivity index (χ0v) is 12.4. The predicted molar refractivity (Wildman–Crippen MR) is 74.4 cm³/mol. The lowest BCUT2D eigenvalue weighted by Gasteiger charge is -2.19. The summed E-state index contributed by atoms with van der Waals surface area (Å²) in [5, 5.41) is 0. The Hall–Kier alpha value is -1.51. The van der Waals surface area contributed by atoms with Crippen LogP contribution in [-0.2, 0) is 22.4 Å². The van der Waals surface area contributed by atoms with Crippen LogP contribution in [0, 0.1) is 0 Å². The Bertz CT molecular complexity index is 495. The van der Waals surface area contributed by atoms with E-state index < -0.39 is 5.60 Å². The first kappa shape index (κ1) is 13.9. The van der Waals surface area contributed by atoms with Crippen LogP contribution in [-0.4, -0.2) is 17.2 Å². The molecule has 1 aromatic rings. The minimum atomic E-state index is -0.432. The van der Waals surface area contributed by atoms with Crippen LogP contribution in [0.25, 0.3) is 0 Å². The second-order valence-electron chi connectivity index (χ2n) is 6.74. The standard InChI is InChI=1S/C16H22O3/c1-15(2,3)19-14(17)9-11-6-7-13-12(8-11)10-16(4,5)18-13/h6-8H,9-10H2,1-5H3. The van der Waals surface area contributed by atoms with Gasteiger partial charge in [0, 0.05) is 6.42 Å². The number of carbonyl (C=O) groups is 1. The molecule has 3 nitrogen and oxygen atoms in total. The van der Waals surface area contributed by atoms with E-state index in [1.54, 1.807) is 0 Å². The largest absolute Gasteiger partial charge is 0.487 e. The van der Waals surface area contributed by atoms with Crippen molar-refractivity contribution in [1.29, 1.82) is 0 Å². The molecule has 2 rings (SSSR count). The molecular weight excluding hydrogens is 240 g/mol. The average molecular weight is 262 g/mol. The van der Waals surface area contributed by atoms with Crippen LogP contribution in [0.2, 0.25) is 0 Å². The normalized spacial score (nSPS) is 16.7. The Kier molecular flexibility index (Phi) is 3.33. The number of carbonyl (C=O) groups excluding carboxylic acids is 1. The predicted octanol–water partition coefficient (Wildman–Crippen LogP) is 3.28. The molecule has 0 amide bonds. The van der Waals surface area contributed by atoms with Crippen LogP contribution >= 0.6 is 0 Å². The third-order valence-electron chi connectivity index (χ3n) is 2.90. The van der Waals surface area contributed by atoms with Crippen molar-refractivity contribution in [3.05, 3.63) is 29.3 Å². The fourth-order valence-electron chi connectivity index (χ4n) is 2.32. The fourth-order valence-corrected chi connectivity index (χ4v) is 2.32. The number of benzene rings is 1. The van der Waals surface area contributed by atoms with Gasteiger partial charge in [-0.2, -0.15) is 0 Å². The number of esters is 1. The van der Waals surface area contributed by atoms with E-state index in [0.717, 1.165) is 17.7 Å². The molecule has 0 saturated heterocycles. The van der Waals surface area contributed by atoms with E-state index in [-0.39, 0.29) is 11.6 Å². The second kappa shape index (κ2) is 4.55. The van der Waals surface area contributed by atoms with Crippen molar-refractivity contribution in [2.75, 3.05) is 0 Å². The number of ether oxygens (including phenoxy) is 2. The van der Waals surface area contributed by atoms with Gasteiger partial charge in [-0.05, 0) is 51.8 Å². The van der Waals surface area contributed by atoms with E-state index in [4.69, 9.17) is 9.47 Å². The van der Waals surface area contributed by atoms with Gasteiger partial charge in [0.2, 0.25) is 0 Å². The van der Waals surface area contributed by atoms with Crippen molar-refractivity contribution in [2.24, 2.45) is 0 Å². The molecule has 19 heavy (non-hydrogen) atoms. The van der Waals surface area contributed by atoms with Crippen LogP contribution in [0.3, 0.4) is 0 Å². The molecular formula is C16H22O3. The lowest BCUT2D eigenvalue weighted by molar-refractivity contribution is -0.153. The zero-order chi connectivity index (χ0) is 14.3. The van der Waals surface area contributed by atoms with Crippen molar-refractivity contribution in [2.45, 2.75) is 58.7 Å². The first-order valence-electron chi connectivity index (χ1n) is 6.67. The van der Waals surface area contributed by atoms with E-state index in [0.29, 0.717) is 6.42 Å². The highest BCUT2D eigenvalue weighted by Gasteiger charge is 2.30. The number of hydrogen-bond acceptors (Lipinski definition) is 3. The van der Waals surface area contributed by atoms with Gasteiger partial charge in [0.15, 0.2) is 0 Å². The fraction of sp³-hybridized carbons (Fsp3) is 0.562. The maximum atomic E-state index is 11.8. The van der Waals surface area contributed by atoms with Crippen molar-refractivity contribution in [1.82, 2.24) is 0 Å². The van der Waals surface area contributed by atoms with E-state index in [9.17, 15) is 4.79 Å². The summed E-state index contributed by atoms with van der Waals surface area (Å²) in [5.41, 5.74) is 1.58. The third kappa shape index (κ3) is 3.72. The Labute approximate surface area is 114 Å². The van der Waals surface area contributed by atoms with Gasteiger partial charge in [0.25, 0.3) is 0 Å². The monoisotopic (exact) mass is 262 g/mol. The highest BCUT2D eigenvalue weighted by Crippen LogP contribution is 2.35. The van der Waals surface area contributed by atoms with Crippen molar-refractivity contribution >= 4 is 5.97 Å². The van der Waals surface area contributed by atoms with Gasteiger partial charge >= 0.3 is 5.97 Å². The first-order chi connectivity index (χ1) is 8.65. The lowest BCUT2D eigenvalue weighted by atomic mass is 9.99. The van der Waals surface area contributed by atoms with Gasteiger partial charge < -0.3 is 9.47 Å². The molecule has 0 fully saturated rings. The summed E-state index contributed by atoms with van der Waals surface area (Å²) >= 11 is 0. The van der Waals surface area contributed by atoms with Gasteiger partial charge in [0.1, 0.15) is 17.0 Å². The zero-order valence-electron chi connectivity index (χ0n) is 12.4. The molecule has 0 radical (unpaired) electrons. The smallest absolute Gasteiger partial charge is 0.310 e. The summed E-state index contributed by atoms with van der Waals surface area (Å²) in [6.07, 6.45) is 1.19. The Morgan fingerprint density at radius 3 is 2.68 bits per heavy atom. The van der Waals surface area contributed by atoms with Crippen LogP contribution < -0.4 is 4.74 Å². The van der Waals surface area contributed by atoms with Crippen LogP contribution in [0.4, 0.5) is 0 Å². The van der Waals surface area contributed by atoms with Gasteiger partial charge in [-0.3, -0.25) is 4.79 Å². The van der Waals surface area contributed by atoms with Gasteiger partial charge in [-0.1, -0.05) is 12.1 Å². The van der Waals surface area contributed by atoms with E-state index in [1.165, 1.54) is 5.56 Å². The van der Waals surface area contributed by atoms with Crippen molar-refractivity contribution in [3.8, 4) is 5.75 Å². The Balaban J connectivity index is 2.07. The molecule has 1 heterocycles. The molecule has 0 saturated carbocycles. The second-order valence-corrected chi connectivity index (χ2v) is 6.74. The first-order valence-corrected chi connectivity index (χ1v) is 6.67. The average Bonchev–Trinajstić information content (AvgIpc) is 2.47. The highest BCUT2D eigenvalue weighted by atomic mass is 16.6. The summed E-state index contributed by atoms with van der Waals surface area (Å²) in [5.74, 6) is 0.739. The van der Waals surface area contributed by atoms with Gasteiger partial charge in [-0.25, -0.2) is 0 Å². The van der Waals surface area contributed by atoms with Gasteiger partial charge in [0.05, 0.1) is 6.42 Å². The number of rotatable bonds is 2. The number of hydrogen-bond donors (Lipinski definition) is 0. The summed E-state index contributed by atoms with van der Waals surface area (Å²) in [6.45, 7) is 9.78. The molecule has 0 N–H and O–H groups in total. The van der Waals surface area contributed by atoms with Gasteiger partial charge in [-0.15, -0.1) is 0 Å². The molecule has 3 heteroatoms. The molecule has 0 aromatic heterocycles. The highest BCUT2D eigenvalue weighted by molar-refractivity contribution is 5.73. The summed E-state index contributed by atoms with van der Waals surface area (Å²) < 4.78 is 11.2. The molecule has 1 aliphatic heterocycles. The topological polar surface area (TPSA) is 35.5 Å². The van der Waals surface area contributed by atoms with Crippen LogP contribution in [0.5, 0.6) is 5.75 Å². The SMILES string of the molecule is CC(C)(C)OC(=O)Cc1ccc2c(c1)CC(C)(C)O2. The van der Waals surface area contributed by atoms with E-state index in [1.807, 2.05) is 39.0 Å². The molecule has 0 atom stereocenters. The lowest BCUT2D eigenvalue weighted by Crippen LogP contribution is -2.25.